The minimum absolute atomic E-state index is 0.0197. The smallest absolute Gasteiger partial charge is 0.378 e. The second-order valence-electron chi connectivity index (χ2n) is 6.43. The van der Waals surface area contributed by atoms with Crippen LogP contribution < -0.4 is 5.32 Å². The van der Waals surface area contributed by atoms with E-state index in [2.05, 4.69) is 15.3 Å². The minimum Gasteiger partial charge on any atom is -0.378 e. The zero-order chi connectivity index (χ0) is 16.5. The summed E-state index contributed by atoms with van der Waals surface area (Å²) in [7, 11) is 0. The molecule has 23 heavy (non-hydrogen) atoms. The van der Waals surface area contributed by atoms with Gasteiger partial charge in [0.25, 0.3) is 0 Å². The fraction of sp³-hybridized carbons (Fsp3) is 0.750. The fourth-order valence-corrected chi connectivity index (χ4v) is 4.01. The molecule has 2 unspecified atom stereocenters. The molecule has 2 saturated carbocycles. The molecule has 1 aromatic heterocycles. The quantitative estimate of drug-likeness (QED) is 0.906. The number of ether oxygens (including phenoxy) is 1. The molecule has 0 bridgehead atoms. The summed E-state index contributed by atoms with van der Waals surface area (Å²) < 4.78 is 44.2. The van der Waals surface area contributed by atoms with E-state index in [1.54, 1.807) is 0 Å². The molecule has 0 aliphatic heterocycles. The SMILES string of the molecule is CCOC1CC(Nc2nccc(C(F)(F)F)n2)C12CCCCC2. The van der Waals surface area contributed by atoms with Gasteiger partial charge in [0.15, 0.2) is 0 Å². The first kappa shape index (κ1) is 16.5. The van der Waals surface area contributed by atoms with Crippen LogP contribution in [0.4, 0.5) is 19.1 Å². The Hall–Kier alpha value is -1.37. The summed E-state index contributed by atoms with van der Waals surface area (Å²) >= 11 is 0. The normalized spacial score (nSPS) is 26.8. The van der Waals surface area contributed by atoms with E-state index in [1.807, 2.05) is 6.92 Å². The molecular formula is C16H22F3N3O. The van der Waals surface area contributed by atoms with E-state index in [0.29, 0.717) is 6.61 Å². The van der Waals surface area contributed by atoms with Crippen molar-refractivity contribution < 1.29 is 17.9 Å². The monoisotopic (exact) mass is 329 g/mol. The van der Waals surface area contributed by atoms with Crippen LogP contribution in [0, 0.1) is 5.41 Å². The first-order valence-electron chi connectivity index (χ1n) is 8.24. The highest BCUT2D eigenvalue weighted by molar-refractivity contribution is 5.32. The van der Waals surface area contributed by atoms with Gasteiger partial charge in [-0.1, -0.05) is 19.3 Å². The lowest BCUT2D eigenvalue weighted by molar-refractivity contribution is -0.141. The molecule has 0 saturated heterocycles. The van der Waals surface area contributed by atoms with Crippen molar-refractivity contribution in [2.45, 2.75) is 63.8 Å². The van der Waals surface area contributed by atoms with Crippen LogP contribution in [0.5, 0.6) is 0 Å². The lowest BCUT2D eigenvalue weighted by atomic mass is 9.55. The van der Waals surface area contributed by atoms with Crippen molar-refractivity contribution in [3.05, 3.63) is 18.0 Å². The molecule has 2 aliphatic carbocycles. The molecule has 2 aliphatic rings. The van der Waals surface area contributed by atoms with Gasteiger partial charge in [0, 0.05) is 24.3 Å². The van der Waals surface area contributed by atoms with Gasteiger partial charge in [0.2, 0.25) is 5.95 Å². The summed E-state index contributed by atoms with van der Waals surface area (Å²) in [6, 6.07) is 0.980. The van der Waals surface area contributed by atoms with Crippen molar-refractivity contribution in [3.63, 3.8) is 0 Å². The summed E-state index contributed by atoms with van der Waals surface area (Å²) in [5.74, 6) is 0.0599. The largest absolute Gasteiger partial charge is 0.433 e. The first-order chi connectivity index (χ1) is 11.0. The van der Waals surface area contributed by atoms with E-state index in [0.717, 1.165) is 44.4 Å². The second kappa shape index (κ2) is 6.26. The van der Waals surface area contributed by atoms with Crippen molar-refractivity contribution in [3.8, 4) is 0 Å². The van der Waals surface area contributed by atoms with Gasteiger partial charge in [0.05, 0.1) is 6.10 Å². The molecule has 2 fully saturated rings. The number of rotatable bonds is 4. The zero-order valence-electron chi connectivity index (χ0n) is 13.2. The Morgan fingerprint density at radius 1 is 1.30 bits per heavy atom. The molecule has 2 atom stereocenters. The van der Waals surface area contributed by atoms with E-state index < -0.39 is 11.9 Å². The molecule has 4 nitrogen and oxygen atoms in total. The number of nitrogens with one attached hydrogen (secondary N) is 1. The van der Waals surface area contributed by atoms with E-state index in [-0.39, 0.29) is 23.5 Å². The maximum atomic E-state index is 12.8. The molecule has 0 radical (unpaired) electrons. The summed E-state index contributed by atoms with van der Waals surface area (Å²) in [6.45, 7) is 2.65. The van der Waals surface area contributed by atoms with Gasteiger partial charge in [-0.3, -0.25) is 0 Å². The van der Waals surface area contributed by atoms with E-state index in [9.17, 15) is 13.2 Å². The van der Waals surface area contributed by atoms with Crippen molar-refractivity contribution in [2.75, 3.05) is 11.9 Å². The molecule has 1 spiro atoms. The van der Waals surface area contributed by atoms with Gasteiger partial charge in [-0.15, -0.1) is 0 Å². The Morgan fingerprint density at radius 3 is 2.70 bits per heavy atom. The third-order valence-electron chi connectivity index (χ3n) is 5.19. The van der Waals surface area contributed by atoms with Gasteiger partial charge < -0.3 is 10.1 Å². The lowest BCUT2D eigenvalue weighted by Crippen LogP contribution is -2.62. The maximum absolute atomic E-state index is 12.8. The lowest BCUT2D eigenvalue weighted by Gasteiger charge is -2.57. The second-order valence-corrected chi connectivity index (χ2v) is 6.43. The number of aromatic nitrogens is 2. The number of alkyl halides is 3. The van der Waals surface area contributed by atoms with Crippen LogP contribution in [-0.4, -0.2) is 28.7 Å². The number of hydrogen-bond acceptors (Lipinski definition) is 4. The van der Waals surface area contributed by atoms with Gasteiger partial charge in [-0.2, -0.15) is 13.2 Å². The summed E-state index contributed by atoms with van der Waals surface area (Å²) in [4.78, 5) is 7.59. The predicted molar refractivity (Wildman–Crippen MR) is 80.0 cm³/mol. The number of nitrogens with zero attached hydrogens (tertiary/aromatic N) is 2. The Kier molecular flexibility index (Phi) is 4.49. The van der Waals surface area contributed by atoms with Crippen molar-refractivity contribution in [2.24, 2.45) is 5.41 Å². The number of hydrogen-bond donors (Lipinski definition) is 1. The van der Waals surface area contributed by atoms with E-state index in [4.69, 9.17) is 4.74 Å². The van der Waals surface area contributed by atoms with Crippen molar-refractivity contribution in [1.29, 1.82) is 0 Å². The molecule has 1 aromatic rings. The summed E-state index contributed by atoms with van der Waals surface area (Å²) in [5.41, 5.74) is -0.889. The number of halogens is 3. The van der Waals surface area contributed by atoms with Crippen molar-refractivity contribution in [1.82, 2.24) is 9.97 Å². The topological polar surface area (TPSA) is 47.0 Å². The fourth-order valence-electron chi connectivity index (χ4n) is 4.01. The highest BCUT2D eigenvalue weighted by Gasteiger charge is 2.55. The Morgan fingerprint density at radius 2 is 2.04 bits per heavy atom. The maximum Gasteiger partial charge on any atom is 0.433 e. The van der Waals surface area contributed by atoms with Gasteiger partial charge in [-0.05, 0) is 32.3 Å². The molecule has 1 N–H and O–H groups in total. The Labute approximate surface area is 133 Å². The highest BCUT2D eigenvalue weighted by atomic mass is 19.4. The van der Waals surface area contributed by atoms with Crippen LogP contribution in [0.15, 0.2) is 12.3 Å². The third kappa shape index (κ3) is 3.16. The molecule has 1 heterocycles. The number of anilines is 1. The average Bonchev–Trinajstić information content (AvgIpc) is 2.54. The van der Waals surface area contributed by atoms with Gasteiger partial charge >= 0.3 is 6.18 Å². The molecule has 0 aromatic carbocycles. The minimum atomic E-state index is -4.45. The molecular weight excluding hydrogens is 307 g/mol. The Bertz CT molecular complexity index is 544. The average molecular weight is 329 g/mol. The molecule has 7 heteroatoms. The molecule has 128 valence electrons. The van der Waals surface area contributed by atoms with Crippen LogP contribution in [0.1, 0.15) is 51.1 Å². The van der Waals surface area contributed by atoms with Gasteiger partial charge in [-0.25, -0.2) is 9.97 Å². The van der Waals surface area contributed by atoms with Crippen molar-refractivity contribution >= 4 is 5.95 Å². The van der Waals surface area contributed by atoms with Crippen LogP contribution in [0.25, 0.3) is 0 Å². The predicted octanol–water partition coefficient (Wildman–Crippen LogP) is 4.04. The van der Waals surface area contributed by atoms with Crippen LogP contribution >= 0.6 is 0 Å². The molecule has 0 amide bonds. The van der Waals surface area contributed by atoms with E-state index >= 15 is 0 Å². The van der Waals surface area contributed by atoms with Gasteiger partial charge in [0.1, 0.15) is 5.69 Å². The van der Waals surface area contributed by atoms with E-state index in [1.165, 1.54) is 6.42 Å². The highest BCUT2D eigenvalue weighted by Crippen LogP contribution is 2.54. The summed E-state index contributed by atoms with van der Waals surface area (Å²) in [6.07, 6.45) is 3.30. The standard InChI is InChI=1S/C16H22F3N3O/c1-2-23-13-10-12(15(13)7-4-3-5-8-15)22-14-20-9-6-11(21-14)16(17,18)19/h6,9,12-13H,2-5,7-8,10H2,1H3,(H,20,21,22). The van der Waals surface area contributed by atoms with Crippen LogP contribution in [0.2, 0.25) is 0 Å². The van der Waals surface area contributed by atoms with Crippen LogP contribution in [0.3, 0.4) is 0 Å². The Balaban J connectivity index is 1.75. The zero-order valence-corrected chi connectivity index (χ0v) is 13.2. The van der Waals surface area contributed by atoms with Crippen LogP contribution in [-0.2, 0) is 10.9 Å². The molecule has 3 rings (SSSR count). The summed E-state index contributed by atoms with van der Waals surface area (Å²) in [5, 5.41) is 3.14. The first-order valence-corrected chi connectivity index (χ1v) is 8.24. The third-order valence-corrected chi connectivity index (χ3v) is 5.19.